The van der Waals surface area contributed by atoms with Crippen molar-refractivity contribution in [3.8, 4) is 0 Å². The van der Waals surface area contributed by atoms with Crippen molar-refractivity contribution in [2.75, 3.05) is 0 Å². The Morgan fingerprint density at radius 3 is 2.92 bits per heavy atom. The first-order valence-corrected chi connectivity index (χ1v) is 4.95. The summed E-state index contributed by atoms with van der Waals surface area (Å²) in [5, 5.41) is 1.76. The van der Waals surface area contributed by atoms with E-state index in [2.05, 4.69) is 4.98 Å². The van der Waals surface area contributed by atoms with Crippen molar-refractivity contribution >= 4 is 28.7 Å². The monoisotopic (exact) mass is 211 g/mol. The van der Waals surface area contributed by atoms with Gasteiger partial charge in [0.25, 0.3) is 0 Å². The molecule has 4 heteroatoms. The summed E-state index contributed by atoms with van der Waals surface area (Å²) in [6.07, 6.45) is 1.72. The first-order valence-electron chi connectivity index (χ1n) is 3.69. The van der Waals surface area contributed by atoms with Gasteiger partial charge in [-0.1, -0.05) is 11.6 Å². The van der Waals surface area contributed by atoms with Crippen LogP contribution in [0.5, 0.6) is 0 Å². The van der Waals surface area contributed by atoms with E-state index in [1.807, 2.05) is 0 Å². The average molecular weight is 212 g/mol. The highest BCUT2D eigenvalue weighted by Crippen LogP contribution is 2.21. The Morgan fingerprint density at radius 2 is 2.38 bits per heavy atom. The van der Waals surface area contributed by atoms with Gasteiger partial charge in [0.2, 0.25) is 5.78 Å². The topological polar surface area (TPSA) is 32.9 Å². The van der Waals surface area contributed by atoms with Gasteiger partial charge >= 0.3 is 0 Å². The van der Waals surface area contributed by atoms with Crippen LogP contribution in [0.15, 0.2) is 29.8 Å². The van der Waals surface area contributed by atoms with Gasteiger partial charge in [-0.3, -0.25) is 4.79 Å². The average Bonchev–Trinajstić information content (AvgIpc) is 2.72. The van der Waals surface area contributed by atoms with E-state index in [4.69, 9.17) is 11.6 Å². The summed E-state index contributed by atoms with van der Waals surface area (Å²) >= 11 is 7.08. The third kappa shape index (κ3) is 1.66. The number of H-pyrrole nitrogens is 1. The molecule has 0 amide bonds. The summed E-state index contributed by atoms with van der Waals surface area (Å²) in [6, 6.07) is 5.21. The predicted octanol–water partition coefficient (Wildman–Crippen LogP) is 2.96. The van der Waals surface area contributed by atoms with E-state index in [-0.39, 0.29) is 5.78 Å². The van der Waals surface area contributed by atoms with Gasteiger partial charge in [-0.05, 0) is 18.2 Å². The molecule has 2 nitrogen and oxygen atoms in total. The fourth-order valence-corrected chi connectivity index (χ4v) is 1.92. The summed E-state index contributed by atoms with van der Waals surface area (Å²) < 4.78 is 0.634. The number of hydrogen-bond donors (Lipinski definition) is 1. The standard InChI is InChI=1S/C9H6ClNOS/c10-8-4-6(5-13-8)9(12)7-2-1-3-11-7/h1-5,11H. The number of halogens is 1. The van der Waals surface area contributed by atoms with Crippen molar-refractivity contribution < 1.29 is 4.79 Å². The normalized spacial score (nSPS) is 10.2. The maximum atomic E-state index is 11.6. The molecule has 0 atom stereocenters. The van der Waals surface area contributed by atoms with Crippen molar-refractivity contribution in [1.82, 2.24) is 4.98 Å². The molecule has 0 aliphatic heterocycles. The molecule has 0 aliphatic rings. The number of carbonyl (C=O) groups excluding carboxylic acids is 1. The highest BCUT2D eigenvalue weighted by molar-refractivity contribution is 7.14. The van der Waals surface area contributed by atoms with Crippen LogP contribution in [-0.4, -0.2) is 10.8 Å². The van der Waals surface area contributed by atoms with Crippen LogP contribution in [0, 0.1) is 0 Å². The fraction of sp³-hybridized carbons (Fsp3) is 0. The second-order valence-electron chi connectivity index (χ2n) is 2.55. The maximum Gasteiger partial charge on any atom is 0.210 e. The zero-order chi connectivity index (χ0) is 9.26. The van der Waals surface area contributed by atoms with Gasteiger partial charge in [-0.15, -0.1) is 11.3 Å². The molecule has 13 heavy (non-hydrogen) atoms. The molecule has 0 unspecified atom stereocenters. The number of aromatic amines is 1. The molecule has 0 aliphatic carbocycles. The molecule has 0 spiro atoms. The van der Waals surface area contributed by atoms with Gasteiger partial charge in [0.1, 0.15) is 0 Å². The summed E-state index contributed by atoms with van der Waals surface area (Å²) in [6.45, 7) is 0. The molecule has 2 aromatic heterocycles. The molecule has 0 fully saturated rings. The fourth-order valence-electron chi connectivity index (χ4n) is 1.06. The van der Waals surface area contributed by atoms with Crippen molar-refractivity contribution in [2.45, 2.75) is 0 Å². The largest absolute Gasteiger partial charge is 0.359 e. The molecule has 0 aromatic carbocycles. The first kappa shape index (κ1) is 8.53. The van der Waals surface area contributed by atoms with Gasteiger partial charge in [0.15, 0.2) is 0 Å². The van der Waals surface area contributed by atoms with Crippen LogP contribution >= 0.6 is 22.9 Å². The molecule has 0 radical (unpaired) electrons. The third-order valence-electron chi connectivity index (χ3n) is 1.67. The maximum absolute atomic E-state index is 11.6. The Hall–Kier alpha value is -1.06. The Balaban J connectivity index is 2.33. The molecule has 0 bridgehead atoms. The van der Waals surface area contributed by atoms with E-state index in [0.717, 1.165) is 0 Å². The highest BCUT2D eigenvalue weighted by atomic mass is 35.5. The Bertz CT molecular complexity index is 419. The number of thiophene rings is 1. The lowest BCUT2D eigenvalue weighted by atomic mass is 10.2. The van der Waals surface area contributed by atoms with Crippen LogP contribution in [0.4, 0.5) is 0 Å². The van der Waals surface area contributed by atoms with Crippen LogP contribution in [0.3, 0.4) is 0 Å². The quantitative estimate of drug-likeness (QED) is 0.762. The van der Waals surface area contributed by atoms with Crippen molar-refractivity contribution in [3.63, 3.8) is 0 Å². The SMILES string of the molecule is O=C(c1csc(Cl)c1)c1ccc[nH]1. The number of rotatable bonds is 2. The molecular formula is C9H6ClNOS. The van der Waals surface area contributed by atoms with E-state index in [1.54, 1.807) is 29.8 Å². The lowest BCUT2D eigenvalue weighted by Gasteiger charge is -1.91. The molecule has 0 saturated carbocycles. The molecule has 2 rings (SSSR count). The predicted molar refractivity (Wildman–Crippen MR) is 53.6 cm³/mol. The minimum absolute atomic E-state index is 0.0202. The van der Waals surface area contributed by atoms with Gasteiger partial charge in [0, 0.05) is 17.1 Å². The molecule has 0 saturated heterocycles. The summed E-state index contributed by atoms with van der Waals surface area (Å²) in [4.78, 5) is 14.5. The molecule has 66 valence electrons. The van der Waals surface area contributed by atoms with Gasteiger partial charge < -0.3 is 4.98 Å². The summed E-state index contributed by atoms with van der Waals surface area (Å²) in [5.41, 5.74) is 1.23. The van der Waals surface area contributed by atoms with Crippen LogP contribution in [0.25, 0.3) is 0 Å². The molecule has 2 heterocycles. The number of aromatic nitrogens is 1. The second-order valence-corrected chi connectivity index (χ2v) is 4.09. The summed E-state index contributed by atoms with van der Waals surface area (Å²) in [7, 11) is 0. The summed E-state index contributed by atoms with van der Waals surface area (Å²) in [5.74, 6) is -0.0202. The number of hydrogen-bond acceptors (Lipinski definition) is 2. The van der Waals surface area contributed by atoms with Crippen LogP contribution in [0.2, 0.25) is 4.34 Å². The van der Waals surface area contributed by atoms with Gasteiger partial charge in [-0.2, -0.15) is 0 Å². The van der Waals surface area contributed by atoms with Crippen molar-refractivity contribution in [2.24, 2.45) is 0 Å². The van der Waals surface area contributed by atoms with Crippen molar-refractivity contribution in [3.05, 3.63) is 45.4 Å². The molecular weight excluding hydrogens is 206 g/mol. The second kappa shape index (κ2) is 3.36. The third-order valence-corrected chi connectivity index (χ3v) is 2.76. The van der Waals surface area contributed by atoms with Crippen LogP contribution in [0.1, 0.15) is 16.1 Å². The van der Waals surface area contributed by atoms with Gasteiger partial charge in [-0.25, -0.2) is 0 Å². The Kier molecular flexibility index (Phi) is 2.20. The van der Waals surface area contributed by atoms with Crippen molar-refractivity contribution in [1.29, 1.82) is 0 Å². The number of carbonyl (C=O) groups is 1. The smallest absolute Gasteiger partial charge is 0.210 e. The zero-order valence-electron chi connectivity index (χ0n) is 6.58. The minimum atomic E-state index is -0.0202. The number of ketones is 1. The van der Waals surface area contributed by atoms with E-state index >= 15 is 0 Å². The van der Waals surface area contributed by atoms with E-state index < -0.39 is 0 Å². The molecule has 1 N–H and O–H groups in total. The highest BCUT2D eigenvalue weighted by Gasteiger charge is 2.10. The lowest BCUT2D eigenvalue weighted by Crippen LogP contribution is -1.98. The number of nitrogens with one attached hydrogen (secondary N) is 1. The van der Waals surface area contributed by atoms with E-state index in [0.29, 0.717) is 15.6 Å². The lowest BCUT2D eigenvalue weighted by molar-refractivity contribution is 0.103. The molecule has 2 aromatic rings. The first-order chi connectivity index (χ1) is 6.27. The van der Waals surface area contributed by atoms with E-state index in [9.17, 15) is 4.79 Å². The van der Waals surface area contributed by atoms with E-state index in [1.165, 1.54) is 11.3 Å². The Labute approximate surface area is 84.2 Å². The zero-order valence-corrected chi connectivity index (χ0v) is 8.15. The van der Waals surface area contributed by atoms with Crippen LogP contribution < -0.4 is 0 Å². The van der Waals surface area contributed by atoms with Crippen LogP contribution in [-0.2, 0) is 0 Å². The van der Waals surface area contributed by atoms with Gasteiger partial charge in [0.05, 0.1) is 10.0 Å². The minimum Gasteiger partial charge on any atom is -0.359 e. The Morgan fingerprint density at radius 1 is 1.54 bits per heavy atom.